The summed E-state index contributed by atoms with van der Waals surface area (Å²) in [5.74, 6) is 1.06. The van der Waals surface area contributed by atoms with Gasteiger partial charge in [-0.3, -0.25) is 9.69 Å². The maximum Gasteiger partial charge on any atom is 0.227 e. The van der Waals surface area contributed by atoms with Crippen molar-refractivity contribution in [2.24, 2.45) is 7.05 Å². The van der Waals surface area contributed by atoms with Crippen LogP contribution in [-0.4, -0.2) is 47.1 Å². The molecular formula is C29H37N5O2. The van der Waals surface area contributed by atoms with Crippen molar-refractivity contribution < 1.29 is 9.53 Å². The van der Waals surface area contributed by atoms with Gasteiger partial charge in [0.05, 0.1) is 25.2 Å². The van der Waals surface area contributed by atoms with Crippen LogP contribution in [0.2, 0.25) is 0 Å². The van der Waals surface area contributed by atoms with E-state index in [2.05, 4.69) is 76.2 Å². The molecule has 0 unspecified atom stereocenters. The van der Waals surface area contributed by atoms with Gasteiger partial charge >= 0.3 is 0 Å². The van der Waals surface area contributed by atoms with Crippen LogP contribution in [-0.2, 0) is 31.4 Å². The smallest absolute Gasteiger partial charge is 0.227 e. The molecule has 2 aliphatic rings. The van der Waals surface area contributed by atoms with Crippen molar-refractivity contribution in [3.63, 3.8) is 0 Å². The quantitative estimate of drug-likeness (QED) is 0.543. The number of benzene rings is 2. The van der Waals surface area contributed by atoms with Crippen LogP contribution in [0.15, 0.2) is 48.8 Å². The van der Waals surface area contributed by atoms with Crippen LogP contribution in [0, 0.1) is 6.92 Å². The van der Waals surface area contributed by atoms with Gasteiger partial charge in [0.15, 0.2) is 0 Å². The number of methoxy groups -OCH3 is 1. The second-order valence-corrected chi connectivity index (χ2v) is 10.1. The molecule has 7 nitrogen and oxygen atoms in total. The van der Waals surface area contributed by atoms with Crippen molar-refractivity contribution in [2.45, 2.75) is 57.8 Å². The molecular weight excluding hydrogens is 450 g/mol. The molecule has 0 bridgehead atoms. The molecule has 1 saturated heterocycles. The lowest BCUT2D eigenvalue weighted by Crippen LogP contribution is -2.47. The number of aryl methyl sites for hydroxylation is 2. The van der Waals surface area contributed by atoms with E-state index in [-0.39, 0.29) is 18.0 Å². The molecule has 1 N–H and O–H groups in total. The Labute approximate surface area is 214 Å². The van der Waals surface area contributed by atoms with Crippen LogP contribution in [0.25, 0.3) is 0 Å². The van der Waals surface area contributed by atoms with Gasteiger partial charge in [0, 0.05) is 56.6 Å². The third kappa shape index (κ3) is 4.77. The minimum atomic E-state index is 0.170. The minimum Gasteiger partial charge on any atom is -0.496 e. The molecule has 5 rings (SSSR count). The number of hydrogen-bond donors (Lipinski definition) is 1. The van der Waals surface area contributed by atoms with Gasteiger partial charge in [0.25, 0.3) is 0 Å². The van der Waals surface area contributed by atoms with E-state index in [1.807, 2.05) is 13.4 Å². The Kier molecular flexibility index (Phi) is 7.12. The van der Waals surface area contributed by atoms with Gasteiger partial charge in [-0.25, -0.2) is 4.98 Å². The molecule has 0 radical (unpaired) electrons. The summed E-state index contributed by atoms with van der Waals surface area (Å²) in [6.07, 6.45) is 5.46. The van der Waals surface area contributed by atoms with Crippen molar-refractivity contribution in [3.8, 4) is 5.75 Å². The van der Waals surface area contributed by atoms with E-state index < -0.39 is 0 Å². The number of anilines is 1. The van der Waals surface area contributed by atoms with E-state index in [0.717, 1.165) is 55.0 Å². The Morgan fingerprint density at radius 1 is 1.14 bits per heavy atom. The summed E-state index contributed by atoms with van der Waals surface area (Å²) in [6, 6.07) is 15.6. The van der Waals surface area contributed by atoms with Gasteiger partial charge in [-0.2, -0.15) is 0 Å². The third-order valence-corrected chi connectivity index (χ3v) is 7.94. The maximum atomic E-state index is 12.3. The summed E-state index contributed by atoms with van der Waals surface area (Å²) >= 11 is 0. The number of hydrogen-bond acceptors (Lipinski definition) is 5. The number of likely N-dealkylation sites (tertiary alicyclic amines) is 1. The number of imidazole rings is 1. The van der Waals surface area contributed by atoms with E-state index in [4.69, 9.17) is 4.74 Å². The number of rotatable bonds is 7. The van der Waals surface area contributed by atoms with Crippen LogP contribution in [0.5, 0.6) is 5.75 Å². The van der Waals surface area contributed by atoms with E-state index in [9.17, 15) is 4.79 Å². The number of fused-ring (bicyclic) bond motifs is 1. The Balaban J connectivity index is 1.41. The topological polar surface area (TPSA) is 62.6 Å². The zero-order valence-electron chi connectivity index (χ0n) is 21.8. The van der Waals surface area contributed by atoms with Gasteiger partial charge < -0.3 is 19.5 Å². The monoisotopic (exact) mass is 487 g/mol. The molecule has 2 aliphatic heterocycles. The first-order valence-corrected chi connectivity index (χ1v) is 12.9. The van der Waals surface area contributed by atoms with Crippen molar-refractivity contribution in [2.75, 3.05) is 25.6 Å². The number of ether oxygens (including phenoxy) is 1. The second kappa shape index (κ2) is 10.4. The van der Waals surface area contributed by atoms with Crippen molar-refractivity contribution in [1.82, 2.24) is 19.8 Å². The lowest BCUT2D eigenvalue weighted by molar-refractivity contribution is -0.118. The number of aromatic nitrogens is 2. The molecule has 36 heavy (non-hydrogen) atoms. The molecule has 1 amide bonds. The Morgan fingerprint density at radius 3 is 2.67 bits per heavy atom. The standard InChI is InChI=1S/C29H37N5O2/c1-20-25(31-19-32(20)2)18-34-14-8-11-24(29(34)21-9-6-5-7-10-21)30-17-23-15-26-22(16-27(23)36-4)12-13-28(35)33(26)3/h5-7,9-10,15-16,19,24,29-30H,8,11-14,17-18H2,1-4H3/t24-,29+/m0/s1. The van der Waals surface area contributed by atoms with Gasteiger partial charge in [0.2, 0.25) is 5.91 Å². The first-order chi connectivity index (χ1) is 17.5. The molecule has 2 aromatic carbocycles. The van der Waals surface area contributed by atoms with Gasteiger partial charge in [-0.05, 0) is 56.0 Å². The fourth-order valence-corrected chi connectivity index (χ4v) is 5.72. The Bertz CT molecular complexity index is 1220. The molecule has 0 spiro atoms. The fraction of sp³-hybridized carbons (Fsp3) is 0.448. The molecule has 0 saturated carbocycles. The summed E-state index contributed by atoms with van der Waals surface area (Å²) in [4.78, 5) is 21.3. The zero-order valence-corrected chi connectivity index (χ0v) is 21.8. The summed E-state index contributed by atoms with van der Waals surface area (Å²) in [5.41, 5.74) is 6.94. The number of nitrogens with zero attached hydrogens (tertiary/aromatic N) is 4. The SMILES string of the molecule is COc1cc2c(cc1CN[C@H]1CCCN(Cc3ncn(C)c3C)[C@@H]1c1ccccc1)N(C)C(=O)CC2. The predicted molar refractivity (Wildman–Crippen MR) is 142 cm³/mol. The first-order valence-electron chi connectivity index (χ1n) is 12.9. The summed E-state index contributed by atoms with van der Waals surface area (Å²) in [5, 5.41) is 3.88. The average Bonchev–Trinajstić information content (AvgIpc) is 3.22. The maximum absolute atomic E-state index is 12.3. The van der Waals surface area contributed by atoms with Crippen molar-refractivity contribution in [1.29, 1.82) is 0 Å². The highest BCUT2D eigenvalue weighted by molar-refractivity contribution is 5.96. The van der Waals surface area contributed by atoms with Gasteiger partial charge in [-0.15, -0.1) is 0 Å². The number of nitrogens with one attached hydrogen (secondary N) is 1. The largest absolute Gasteiger partial charge is 0.496 e. The molecule has 7 heteroatoms. The second-order valence-electron chi connectivity index (χ2n) is 10.1. The van der Waals surface area contributed by atoms with Crippen molar-refractivity contribution in [3.05, 3.63) is 76.9 Å². The fourth-order valence-electron chi connectivity index (χ4n) is 5.72. The van der Waals surface area contributed by atoms with Crippen LogP contribution in [0.4, 0.5) is 5.69 Å². The van der Waals surface area contributed by atoms with Crippen LogP contribution in [0.1, 0.15) is 53.4 Å². The molecule has 1 aromatic heterocycles. The summed E-state index contributed by atoms with van der Waals surface area (Å²) < 4.78 is 7.87. The average molecular weight is 488 g/mol. The number of amides is 1. The lowest BCUT2D eigenvalue weighted by atomic mass is 9.89. The van der Waals surface area contributed by atoms with Crippen LogP contribution < -0.4 is 15.0 Å². The van der Waals surface area contributed by atoms with Crippen molar-refractivity contribution >= 4 is 11.6 Å². The van der Waals surface area contributed by atoms with E-state index in [1.54, 1.807) is 12.0 Å². The highest BCUT2D eigenvalue weighted by atomic mass is 16.5. The van der Waals surface area contributed by atoms with E-state index in [0.29, 0.717) is 13.0 Å². The number of carbonyl (C=O) groups excluding carboxylic acids is 1. The molecule has 1 fully saturated rings. The summed E-state index contributed by atoms with van der Waals surface area (Å²) in [6.45, 7) is 4.70. The van der Waals surface area contributed by atoms with E-state index >= 15 is 0 Å². The highest BCUT2D eigenvalue weighted by Crippen LogP contribution is 2.36. The number of piperidine rings is 1. The Morgan fingerprint density at radius 2 is 1.94 bits per heavy atom. The molecule has 2 atom stereocenters. The van der Waals surface area contributed by atoms with Crippen LogP contribution in [0.3, 0.4) is 0 Å². The third-order valence-electron chi connectivity index (χ3n) is 7.94. The molecule has 190 valence electrons. The first kappa shape index (κ1) is 24.5. The van der Waals surface area contributed by atoms with Gasteiger partial charge in [-0.1, -0.05) is 30.3 Å². The van der Waals surface area contributed by atoms with E-state index in [1.165, 1.54) is 16.8 Å². The summed E-state index contributed by atoms with van der Waals surface area (Å²) in [7, 11) is 5.65. The van der Waals surface area contributed by atoms with Gasteiger partial charge in [0.1, 0.15) is 5.75 Å². The highest BCUT2D eigenvalue weighted by Gasteiger charge is 2.33. The normalized spacial score (nSPS) is 20.4. The zero-order chi connectivity index (χ0) is 25.2. The van der Waals surface area contributed by atoms with Crippen LogP contribution >= 0.6 is 0 Å². The molecule has 3 heterocycles. The molecule has 0 aliphatic carbocycles. The molecule has 3 aromatic rings. The predicted octanol–water partition coefficient (Wildman–Crippen LogP) is 4.14. The Hall–Kier alpha value is -3.16. The minimum absolute atomic E-state index is 0.170. The number of carbonyl (C=O) groups is 1. The lowest BCUT2D eigenvalue weighted by Gasteiger charge is -2.42.